The van der Waals surface area contributed by atoms with Gasteiger partial charge in [0.1, 0.15) is 0 Å². The van der Waals surface area contributed by atoms with E-state index in [0.29, 0.717) is 12.5 Å². The Morgan fingerprint density at radius 2 is 2.23 bits per heavy atom. The molecule has 1 aliphatic heterocycles. The van der Waals surface area contributed by atoms with Crippen LogP contribution in [-0.4, -0.2) is 10.7 Å². The van der Waals surface area contributed by atoms with Crippen LogP contribution in [0.1, 0.15) is 25.1 Å². The first kappa shape index (κ1) is 8.23. The number of hydrogen-bond donors (Lipinski definition) is 1. The minimum Gasteiger partial charge on any atom is -0.398 e. The van der Waals surface area contributed by atoms with Gasteiger partial charge in [-0.3, -0.25) is 9.98 Å². The summed E-state index contributed by atoms with van der Waals surface area (Å²) < 4.78 is 0. The van der Waals surface area contributed by atoms with Crippen LogP contribution in [0.5, 0.6) is 0 Å². The molecule has 0 saturated carbocycles. The summed E-state index contributed by atoms with van der Waals surface area (Å²) in [5.74, 6) is 0.426. The molecular formula is C10H13N3. The van der Waals surface area contributed by atoms with E-state index in [2.05, 4.69) is 23.8 Å². The molecule has 0 saturated heterocycles. The predicted molar refractivity (Wildman–Crippen MR) is 53.7 cm³/mol. The lowest BCUT2D eigenvalue weighted by molar-refractivity contribution is 0.879. The number of nitrogens with two attached hydrogens (primary N) is 1. The molecule has 3 heteroatoms. The Hall–Kier alpha value is -1.38. The third-order valence-corrected chi connectivity index (χ3v) is 2.29. The van der Waals surface area contributed by atoms with Crippen LogP contribution in [0.4, 0.5) is 5.69 Å². The van der Waals surface area contributed by atoms with Crippen molar-refractivity contribution in [2.45, 2.75) is 20.4 Å². The molecule has 0 aliphatic carbocycles. The Bertz CT molecular complexity index is 366. The van der Waals surface area contributed by atoms with Gasteiger partial charge in [-0.15, -0.1) is 0 Å². The average molecular weight is 175 g/mol. The molecule has 0 atom stereocenters. The van der Waals surface area contributed by atoms with Crippen LogP contribution in [0.3, 0.4) is 0 Å². The number of anilines is 1. The zero-order valence-electron chi connectivity index (χ0n) is 7.91. The zero-order valence-corrected chi connectivity index (χ0v) is 7.91. The average Bonchev–Trinajstić information content (AvgIpc) is 2.48. The molecule has 2 N–H and O–H groups in total. The summed E-state index contributed by atoms with van der Waals surface area (Å²) in [7, 11) is 0. The van der Waals surface area contributed by atoms with Gasteiger partial charge in [-0.05, 0) is 12.0 Å². The van der Waals surface area contributed by atoms with Crippen LogP contribution in [0.25, 0.3) is 0 Å². The van der Waals surface area contributed by atoms with Gasteiger partial charge in [0.25, 0.3) is 0 Å². The van der Waals surface area contributed by atoms with Crippen LogP contribution >= 0.6 is 0 Å². The first-order valence-corrected chi connectivity index (χ1v) is 4.48. The highest BCUT2D eigenvalue weighted by Crippen LogP contribution is 2.24. The molecule has 0 radical (unpaired) electrons. The van der Waals surface area contributed by atoms with Crippen LogP contribution in [-0.2, 0) is 6.54 Å². The Morgan fingerprint density at radius 3 is 2.92 bits per heavy atom. The molecule has 0 spiro atoms. The summed E-state index contributed by atoms with van der Waals surface area (Å²) in [6, 6.07) is 1.83. The fraction of sp³-hybridized carbons (Fsp3) is 0.400. The Labute approximate surface area is 77.7 Å². The Kier molecular flexibility index (Phi) is 1.79. The number of hydrogen-bond acceptors (Lipinski definition) is 3. The number of rotatable bonds is 1. The number of aliphatic imine (C=N–C) groups is 1. The molecular weight excluding hydrogens is 162 g/mol. The summed E-state index contributed by atoms with van der Waals surface area (Å²) in [6.45, 7) is 4.94. The van der Waals surface area contributed by atoms with Crippen molar-refractivity contribution in [2.24, 2.45) is 10.9 Å². The summed E-state index contributed by atoms with van der Waals surface area (Å²) in [5.41, 5.74) is 9.80. The highest BCUT2D eigenvalue weighted by atomic mass is 14.9. The van der Waals surface area contributed by atoms with E-state index in [9.17, 15) is 0 Å². The molecule has 0 bridgehead atoms. The highest BCUT2D eigenvalue weighted by molar-refractivity contribution is 6.04. The molecule has 2 rings (SSSR count). The van der Waals surface area contributed by atoms with Crippen molar-refractivity contribution in [2.75, 3.05) is 5.73 Å². The van der Waals surface area contributed by atoms with E-state index >= 15 is 0 Å². The normalized spacial score (nSPS) is 14.5. The van der Waals surface area contributed by atoms with Gasteiger partial charge < -0.3 is 5.73 Å². The molecule has 1 aliphatic rings. The number of fused-ring (bicyclic) bond motifs is 1. The first-order valence-electron chi connectivity index (χ1n) is 4.48. The zero-order chi connectivity index (χ0) is 9.42. The Balaban J connectivity index is 2.50. The van der Waals surface area contributed by atoms with E-state index in [1.54, 1.807) is 6.20 Å². The maximum Gasteiger partial charge on any atom is 0.0914 e. The molecule has 0 unspecified atom stereocenters. The monoisotopic (exact) mass is 175 g/mol. The maximum absolute atomic E-state index is 5.82. The van der Waals surface area contributed by atoms with Crippen LogP contribution in [0.2, 0.25) is 0 Å². The van der Waals surface area contributed by atoms with Gasteiger partial charge in [-0.25, -0.2) is 0 Å². The number of pyridine rings is 1. The molecule has 3 nitrogen and oxygen atoms in total. The molecule has 1 aromatic heterocycles. The minimum absolute atomic E-state index is 0.426. The van der Waals surface area contributed by atoms with Gasteiger partial charge in [0, 0.05) is 17.4 Å². The number of nitrogens with zero attached hydrogens (tertiary/aromatic N) is 2. The van der Waals surface area contributed by atoms with Crippen molar-refractivity contribution < 1.29 is 0 Å². The van der Waals surface area contributed by atoms with Crippen molar-refractivity contribution in [3.05, 3.63) is 23.5 Å². The van der Waals surface area contributed by atoms with E-state index in [1.807, 2.05) is 6.07 Å². The van der Waals surface area contributed by atoms with Gasteiger partial charge in [0.2, 0.25) is 0 Å². The standard InChI is InChI=1S/C10H13N3/c1-6(2)9-10-7(5-13-9)8(11)3-4-12-10/h3-4,6H,5H2,1-2H3,(H2,11,12). The van der Waals surface area contributed by atoms with Gasteiger partial charge in [-0.2, -0.15) is 0 Å². The SMILES string of the molecule is CC(C)C1=NCc2c(N)ccnc21. The molecule has 2 heterocycles. The second-order valence-corrected chi connectivity index (χ2v) is 3.58. The molecule has 68 valence electrons. The van der Waals surface area contributed by atoms with Crippen LogP contribution in [0.15, 0.2) is 17.3 Å². The van der Waals surface area contributed by atoms with E-state index in [4.69, 9.17) is 5.73 Å². The van der Waals surface area contributed by atoms with Gasteiger partial charge in [0.05, 0.1) is 18.0 Å². The Morgan fingerprint density at radius 1 is 1.46 bits per heavy atom. The number of aromatic nitrogens is 1. The third-order valence-electron chi connectivity index (χ3n) is 2.29. The van der Waals surface area contributed by atoms with E-state index in [-0.39, 0.29) is 0 Å². The second-order valence-electron chi connectivity index (χ2n) is 3.58. The highest BCUT2D eigenvalue weighted by Gasteiger charge is 2.21. The fourth-order valence-corrected chi connectivity index (χ4v) is 1.59. The van der Waals surface area contributed by atoms with Crippen molar-refractivity contribution in [1.82, 2.24) is 4.98 Å². The van der Waals surface area contributed by atoms with Crippen molar-refractivity contribution in [3.8, 4) is 0 Å². The molecule has 0 aromatic carbocycles. The lowest BCUT2D eigenvalue weighted by Gasteiger charge is -2.06. The lowest BCUT2D eigenvalue weighted by atomic mass is 10.0. The van der Waals surface area contributed by atoms with Gasteiger partial charge >= 0.3 is 0 Å². The van der Waals surface area contributed by atoms with Crippen molar-refractivity contribution >= 4 is 11.4 Å². The van der Waals surface area contributed by atoms with Crippen molar-refractivity contribution in [1.29, 1.82) is 0 Å². The second kappa shape index (κ2) is 2.83. The predicted octanol–water partition coefficient (Wildman–Crippen LogP) is 1.62. The molecule has 0 fully saturated rings. The van der Waals surface area contributed by atoms with E-state index in [0.717, 1.165) is 22.7 Å². The quantitative estimate of drug-likeness (QED) is 0.705. The number of nitrogen functional groups attached to an aromatic ring is 1. The van der Waals surface area contributed by atoms with Crippen LogP contribution < -0.4 is 5.73 Å². The summed E-state index contributed by atoms with van der Waals surface area (Å²) >= 11 is 0. The van der Waals surface area contributed by atoms with E-state index < -0.39 is 0 Å². The largest absolute Gasteiger partial charge is 0.398 e. The fourth-order valence-electron chi connectivity index (χ4n) is 1.59. The third kappa shape index (κ3) is 1.20. The van der Waals surface area contributed by atoms with Crippen LogP contribution in [0, 0.1) is 5.92 Å². The topological polar surface area (TPSA) is 51.3 Å². The lowest BCUT2D eigenvalue weighted by Crippen LogP contribution is -2.09. The maximum atomic E-state index is 5.82. The summed E-state index contributed by atoms with van der Waals surface area (Å²) in [5, 5.41) is 0. The summed E-state index contributed by atoms with van der Waals surface area (Å²) in [6.07, 6.45) is 1.75. The van der Waals surface area contributed by atoms with Crippen molar-refractivity contribution in [3.63, 3.8) is 0 Å². The molecule has 13 heavy (non-hydrogen) atoms. The first-order chi connectivity index (χ1) is 6.20. The molecule has 0 amide bonds. The smallest absolute Gasteiger partial charge is 0.0914 e. The van der Waals surface area contributed by atoms with Gasteiger partial charge in [-0.1, -0.05) is 13.8 Å². The summed E-state index contributed by atoms with van der Waals surface area (Å²) in [4.78, 5) is 8.75. The minimum atomic E-state index is 0.426. The molecule has 1 aromatic rings. The van der Waals surface area contributed by atoms with E-state index in [1.165, 1.54) is 0 Å². The van der Waals surface area contributed by atoms with Gasteiger partial charge in [0.15, 0.2) is 0 Å².